The van der Waals surface area contributed by atoms with E-state index in [1.54, 1.807) is 0 Å². The van der Waals surface area contributed by atoms with Crippen molar-refractivity contribution >= 4 is 38.3 Å². The topological polar surface area (TPSA) is 54.9 Å². The molecular formula is C17H14BrN3OS. The van der Waals surface area contributed by atoms with E-state index in [9.17, 15) is 4.79 Å². The second-order valence-electron chi connectivity index (χ2n) is 5.02. The van der Waals surface area contributed by atoms with Gasteiger partial charge in [-0.1, -0.05) is 69.7 Å². The maximum atomic E-state index is 12.0. The molecule has 1 heterocycles. The number of anilines is 1. The molecule has 116 valence electrons. The van der Waals surface area contributed by atoms with Crippen LogP contribution in [0.5, 0.6) is 0 Å². The summed E-state index contributed by atoms with van der Waals surface area (Å²) >= 11 is 4.86. The molecule has 0 fully saturated rings. The maximum absolute atomic E-state index is 12.0. The number of amides is 1. The van der Waals surface area contributed by atoms with Crippen LogP contribution in [0, 0.1) is 0 Å². The van der Waals surface area contributed by atoms with Crippen molar-refractivity contribution in [3.63, 3.8) is 0 Å². The fourth-order valence-electron chi connectivity index (χ4n) is 2.14. The van der Waals surface area contributed by atoms with Crippen molar-refractivity contribution in [3.8, 4) is 0 Å². The first-order chi connectivity index (χ1) is 11.2. The predicted octanol–water partition coefficient (Wildman–Crippen LogP) is 4.07. The summed E-state index contributed by atoms with van der Waals surface area (Å²) in [7, 11) is 0. The van der Waals surface area contributed by atoms with Crippen LogP contribution in [-0.2, 0) is 17.6 Å². The third-order valence-corrected chi connectivity index (χ3v) is 4.50. The molecule has 3 rings (SSSR count). The van der Waals surface area contributed by atoms with Crippen molar-refractivity contribution < 1.29 is 4.79 Å². The van der Waals surface area contributed by atoms with Gasteiger partial charge >= 0.3 is 0 Å². The van der Waals surface area contributed by atoms with Gasteiger partial charge in [0.2, 0.25) is 11.0 Å². The van der Waals surface area contributed by atoms with Crippen LogP contribution in [0.3, 0.4) is 0 Å². The van der Waals surface area contributed by atoms with Crippen LogP contribution in [0.4, 0.5) is 5.13 Å². The van der Waals surface area contributed by atoms with E-state index in [2.05, 4.69) is 37.5 Å². The Kier molecular flexibility index (Phi) is 5.15. The Bertz CT molecular complexity index is 804. The molecule has 6 heteroatoms. The Hall–Kier alpha value is -2.05. The van der Waals surface area contributed by atoms with Gasteiger partial charge in [-0.05, 0) is 23.3 Å². The summed E-state index contributed by atoms with van der Waals surface area (Å²) in [6.07, 6.45) is 1.03. The van der Waals surface area contributed by atoms with Gasteiger partial charge < -0.3 is 5.32 Å². The molecular weight excluding hydrogens is 374 g/mol. The van der Waals surface area contributed by atoms with Gasteiger partial charge in [0.1, 0.15) is 5.01 Å². The number of nitrogens with one attached hydrogen (secondary N) is 1. The molecule has 1 N–H and O–H groups in total. The highest BCUT2D eigenvalue weighted by Crippen LogP contribution is 2.20. The Morgan fingerprint density at radius 1 is 1.04 bits per heavy atom. The lowest BCUT2D eigenvalue weighted by molar-refractivity contribution is -0.115. The monoisotopic (exact) mass is 387 g/mol. The van der Waals surface area contributed by atoms with Crippen LogP contribution in [0.2, 0.25) is 0 Å². The molecule has 0 saturated heterocycles. The van der Waals surface area contributed by atoms with E-state index in [1.165, 1.54) is 11.3 Å². The Labute approximate surface area is 146 Å². The zero-order valence-corrected chi connectivity index (χ0v) is 14.6. The van der Waals surface area contributed by atoms with Crippen LogP contribution < -0.4 is 5.32 Å². The summed E-state index contributed by atoms with van der Waals surface area (Å²) in [6, 6.07) is 17.7. The number of carbonyl (C=O) groups excluding carboxylic acids is 1. The quantitative estimate of drug-likeness (QED) is 0.717. The van der Waals surface area contributed by atoms with E-state index < -0.39 is 0 Å². The first-order valence-corrected chi connectivity index (χ1v) is 8.70. The fourth-order valence-corrected chi connectivity index (χ4v) is 3.38. The van der Waals surface area contributed by atoms with Gasteiger partial charge in [-0.15, -0.1) is 10.2 Å². The fraction of sp³-hybridized carbons (Fsp3) is 0.118. The average molecular weight is 388 g/mol. The first-order valence-electron chi connectivity index (χ1n) is 7.09. The molecule has 0 radical (unpaired) electrons. The summed E-state index contributed by atoms with van der Waals surface area (Å²) in [5, 5.41) is 12.4. The van der Waals surface area contributed by atoms with E-state index in [1.807, 2.05) is 48.5 Å². The van der Waals surface area contributed by atoms with Gasteiger partial charge in [0, 0.05) is 10.9 Å². The third kappa shape index (κ3) is 4.71. The van der Waals surface area contributed by atoms with Crippen molar-refractivity contribution in [2.75, 3.05) is 5.32 Å². The zero-order chi connectivity index (χ0) is 16.1. The van der Waals surface area contributed by atoms with Gasteiger partial charge in [0.25, 0.3) is 0 Å². The number of carbonyl (C=O) groups is 1. The largest absolute Gasteiger partial charge is 0.300 e. The molecule has 4 nitrogen and oxygen atoms in total. The van der Waals surface area contributed by atoms with Crippen molar-refractivity contribution in [1.82, 2.24) is 10.2 Å². The number of rotatable bonds is 5. The van der Waals surface area contributed by atoms with Gasteiger partial charge in [0.05, 0.1) is 6.42 Å². The molecule has 0 saturated carbocycles. The summed E-state index contributed by atoms with van der Waals surface area (Å²) in [5.74, 6) is -0.0821. The molecule has 0 aliphatic heterocycles. The summed E-state index contributed by atoms with van der Waals surface area (Å²) in [5.41, 5.74) is 2.13. The van der Waals surface area contributed by atoms with Crippen molar-refractivity contribution in [1.29, 1.82) is 0 Å². The lowest BCUT2D eigenvalue weighted by Crippen LogP contribution is -2.14. The number of hydrogen-bond acceptors (Lipinski definition) is 4. The number of aromatic nitrogens is 2. The molecule has 2 aromatic carbocycles. The molecule has 1 aromatic heterocycles. The molecule has 0 aliphatic rings. The number of benzene rings is 2. The molecule has 3 aromatic rings. The van der Waals surface area contributed by atoms with E-state index >= 15 is 0 Å². The normalized spacial score (nSPS) is 10.5. The minimum atomic E-state index is -0.0821. The molecule has 0 aliphatic carbocycles. The lowest BCUT2D eigenvalue weighted by atomic mass is 10.1. The van der Waals surface area contributed by atoms with Crippen molar-refractivity contribution in [3.05, 3.63) is 75.2 Å². The summed E-state index contributed by atoms with van der Waals surface area (Å²) in [4.78, 5) is 12.0. The number of nitrogens with zero attached hydrogens (tertiary/aromatic N) is 2. The Morgan fingerprint density at radius 2 is 1.83 bits per heavy atom. The smallest absolute Gasteiger partial charge is 0.230 e. The molecule has 1 amide bonds. The van der Waals surface area contributed by atoms with E-state index in [0.717, 1.165) is 20.6 Å². The van der Waals surface area contributed by atoms with E-state index in [-0.39, 0.29) is 5.91 Å². The second-order valence-corrected chi connectivity index (χ2v) is 7.00. The van der Waals surface area contributed by atoms with Crippen LogP contribution in [-0.4, -0.2) is 16.1 Å². The van der Waals surface area contributed by atoms with Crippen LogP contribution in [0.1, 0.15) is 16.1 Å². The number of hydrogen-bond donors (Lipinski definition) is 1. The lowest BCUT2D eigenvalue weighted by Gasteiger charge is -2.01. The highest BCUT2D eigenvalue weighted by molar-refractivity contribution is 9.10. The maximum Gasteiger partial charge on any atom is 0.230 e. The van der Waals surface area contributed by atoms with Crippen LogP contribution >= 0.6 is 27.3 Å². The molecule has 0 atom stereocenters. The molecule has 23 heavy (non-hydrogen) atoms. The van der Waals surface area contributed by atoms with Crippen molar-refractivity contribution in [2.45, 2.75) is 12.8 Å². The van der Waals surface area contributed by atoms with E-state index in [0.29, 0.717) is 18.0 Å². The van der Waals surface area contributed by atoms with Gasteiger partial charge in [-0.25, -0.2) is 0 Å². The predicted molar refractivity (Wildman–Crippen MR) is 95.6 cm³/mol. The minimum Gasteiger partial charge on any atom is -0.300 e. The minimum absolute atomic E-state index is 0.0821. The average Bonchev–Trinajstić information content (AvgIpc) is 2.95. The third-order valence-electron chi connectivity index (χ3n) is 3.17. The first kappa shape index (κ1) is 15.8. The summed E-state index contributed by atoms with van der Waals surface area (Å²) in [6.45, 7) is 0. The van der Waals surface area contributed by atoms with Gasteiger partial charge in [-0.2, -0.15) is 0 Å². The Balaban J connectivity index is 1.60. The Morgan fingerprint density at radius 3 is 2.61 bits per heavy atom. The van der Waals surface area contributed by atoms with Crippen LogP contribution in [0.25, 0.3) is 0 Å². The van der Waals surface area contributed by atoms with Crippen molar-refractivity contribution in [2.24, 2.45) is 0 Å². The molecule has 0 unspecified atom stereocenters. The van der Waals surface area contributed by atoms with Gasteiger partial charge in [-0.3, -0.25) is 4.79 Å². The van der Waals surface area contributed by atoms with Crippen LogP contribution in [0.15, 0.2) is 59.1 Å². The SMILES string of the molecule is O=C(Cc1ccccc1)Nc1nnc(Cc2cccc(Br)c2)s1. The highest BCUT2D eigenvalue weighted by Gasteiger charge is 2.09. The second kappa shape index (κ2) is 7.48. The molecule has 0 bridgehead atoms. The molecule has 0 spiro atoms. The highest BCUT2D eigenvalue weighted by atomic mass is 79.9. The standard InChI is InChI=1S/C17H14BrN3OS/c18-14-8-4-7-13(9-14)11-16-20-21-17(23-16)19-15(22)10-12-5-2-1-3-6-12/h1-9H,10-11H2,(H,19,21,22). The number of halogens is 1. The summed E-state index contributed by atoms with van der Waals surface area (Å²) < 4.78 is 1.04. The zero-order valence-electron chi connectivity index (χ0n) is 12.2. The van der Waals surface area contributed by atoms with Gasteiger partial charge in [0.15, 0.2) is 0 Å². The van der Waals surface area contributed by atoms with E-state index in [4.69, 9.17) is 0 Å².